The number of hydrogen-bond donors (Lipinski definition) is 1. The lowest BCUT2D eigenvalue weighted by Gasteiger charge is -2.11. The lowest BCUT2D eigenvalue weighted by Crippen LogP contribution is -2.24. The van der Waals surface area contributed by atoms with Gasteiger partial charge in [-0.15, -0.1) is 0 Å². The van der Waals surface area contributed by atoms with Crippen molar-refractivity contribution in [3.63, 3.8) is 0 Å². The van der Waals surface area contributed by atoms with Gasteiger partial charge in [-0.25, -0.2) is 9.67 Å². The molecule has 0 saturated heterocycles. The monoisotopic (exact) mass is 366 g/mol. The van der Waals surface area contributed by atoms with Crippen molar-refractivity contribution in [2.24, 2.45) is 0 Å². The van der Waals surface area contributed by atoms with E-state index in [1.807, 2.05) is 55.8 Å². The minimum Gasteiger partial charge on any atom is -0.491 e. The number of aromatic nitrogens is 3. The predicted molar refractivity (Wildman–Crippen MR) is 106 cm³/mol. The molecule has 0 aliphatic heterocycles. The fourth-order valence-electron chi connectivity index (χ4n) is 2.91. The summed E-state index contributed by atoms with van der Waals surface area (Å²) in [4.78, 5) is 17.2. The first-order valence-corrected chi connectivity index (χ1v) is 9.24. The van der Waals surface area contributed by atoms with Crippen molar-refractivity contribution in [1.82, 2.24) is 20.1 Å². The molecule has 3 rings (SSSR count). The summed E-state index contributed by atoms with van der Waals surface area (Å²) in [5, 5.41) is 8.20. The Kier molecular flexibility index (Phi) is 5.44. The molecule has 2 aromatic heterocycles. The van der Waals surface area contributed by atoms with E-state index in [2.05, 4.69) is 29.2 Å². The molecular weight excluding hydrogens is 340 g/mol. The molecule has 0 bridgehead atoms. The first-order chi connectivity index (χ1) is 12.8. The average Bonchev–Trinajstić information content (AvgIpc) is 3.02. The highest BCUT2D eigenvalue weighted by atomic mass is 16.5. The predicted octanol–water partition coefficient (Wildman–Crippen LogP) is 4.04. The molecule has 0 unspecified atom stereocenters. The number of ether oxygens (including phenoxy) is 1. The number of rotatable bonds is 6. The Morgan fingerprint density at radius 3 is 2.52 bits per heavy atom. The summed E-state index contributed by atoms with van der Waals surface area (Å²) < 4.78 is 7.50. The molecule has 0 atom stereocenters. The van der Waals surface area contributed by atoms with E-state index in [1.165, 1.54) is 0 Å². The maximum atomic E-state index is 12.6. The van der Waals surface area contributed by atoms with E-state index < -0.39 is 0 Å². The summed E-state index contributed by atoms with van der Waals surface area (Å²) in [6.07, 6.45) is 1.90. The summed E-state index contributed by atoms with van der Waals surface area (Å²) in [7, 11) is 0. The first-order valence-electron chi connectivity index (χ1n) is 9.24. The molecule has 27 heavy (non-hydrogen) atoms. The van der Waals surface area contributed by atoms with Gasteiger partial charge in [0, 0.05) is 18.0 Å². The van der Waals surface area contributed by atoms with E-state index >= 15 is 0 Å². The number of carbonyl (C=O) groups is 1. The number of pyridine rings is 1. The highest BCUT2D eigenvalue weighted by Crippen LogP contribution is 2.19. The van der Waals surface area contributed by atoms with Gasteiger partial charge in [0.05, 0.1) is 23.6 Å². The van der Waals surface area contributed by atoms with Crippen molar-refractivity contribution in [1.29, 1.82) is 0 Å². The molecule has 3 aromatic rings. The molecule has 0 radical (unpaired) electrons. The van der Waals surface area contributed by atoms with Crippen molar-refractivity contribution < 1.29 is 9.53 Å². The highest BCUT2D eigenvalue weighted by molar-refractivity contribution is 5.98. The van der Waals surface area contributed by atoms with Gasteiger partial charge in [0.1, 0.15) is 5.75 Å². The smallest absolute Gasteiger partial charge is 0.253 e. The van der Waals surface area contributed by atoms with Gasteiger partial charge in [-0.1, -0.05) is 12.1 Å². The molecular formula is C21H26N4O2. The molecule has 142 valence electrons. The van der Waals surface area contributed by atoms with E-state index in [0.29, 0.717) is 17.8 Å². The van der Waals surface area contributed by atoms with Gasteiger partial charge in [0.2, 0.25) is 0 Å². The maximum Gasteiger partial charge on any atom is 0.253 e. The Balaban J connectivity index is 1.71. The van der Waals surface area contributed by atoms with Crippen LogP contribution in [0.15, 0.2) is 36.5 Å². The zero-order valence-electron chi connectivity index (χ0n) is 16.5. The quantitative estimate of drug-likeness (QED) is 0.715. The topological polar surface area (TPSA) is 69.0 Å². The number of amides is 1. The van der Waals surface area contributed by atoms with Crippen LogP contribution in [0.2, 0.25) is 0 Å². The van der Waals surface area contributed by atoms with Crippen molar-refractivity contribution in [2.75, 3.05) is 0 Å². The van der Waals surface area contributed by atoms with Gasteiger partial charge >= 0.3 is 0 Å². The second-order valence-corrected chi connectivity index (χ2v) is 7.21. The second-order valence-electron chi connectivity index (χ2n) is 7.21. The third-order valence-corrected chi connectivity index (χ3v) is 4.24. The average molecular weight is 366 g/mol. The fourth-order valence-corrected chi connectivity index (χ4v) is 2.91. The minimum absolute atomic E-state index is 0.137. The van der Waals surface area contributed by atoms with Gasteiger partial charge in [-0.2, -0.15) is 5.10 Å². The van der Waals surface area contributed by atoms with Crippen LogP contribution in [0.25, 0.3) is 11.0 Å². The molecule has 1 aromatic carbocycles. The number of hydrogen-bond acceptors (Lipinski definition) is 4. The number of aryl methyl sites for hydroxylation is 1. The summed E-state index contributed by atoms with van der Waals surface area (Å²) in [6, 6.07) is 9.83. The van der Waals surface area contributed by atoms with Crippen LogP contribution in [0.5, 0.6) is 5.75 Å². The van der Waals surface area contributed by atoms with Gasteiger partial charge in [-0.3, -0.25) is 4.79 Å². The number of benzene rings is 1. The molecule has 0 saturated carbocycles. The third-order valence-electron chi connectivity index (χ3n) is 4.24. The van der Waals surface area contributed by atoms with Crippen LogP contribution >= 0.6 is 0 Å². The Bertz CT molecular complexity index is 943. The SMILES string of the molecule is Cc1nc2c(cnn2C(C)C)cc1C(=O)NCc1ccc(OC(C)C)cc1. The molecule has 6 nitrogen and oxygen atoms in total. The zero-order valence-corrected chi connectivity index (χ0v) is 16.5. The van der Waals surface area contributed by atoms with Gasteiger partial charge in [0.25, 0.3) is 5.91 Å². The summed E-state index contributed by atoms with van der Waals surface area (Å²) >= 11 is 0. The van der Waals surface area contributed by atoms with Crippen LogP contribution in [-0.2, 0) is 6.54 Å². The van der Waals surface area contributed by atoms with Crippen LogP contribution in [0.3, 0.4) is 0 Å². The van der Waals surface area contributed by atoms with E-state index in [-0.39, 0.29) is 18.1 Å². The number of fused-ring (bicyclic) bond motifs is 1. The van der Waals surface area contributed by atoms with Crippen LogP contribution < -0.4 is 10.1 Å². The Labute approximate surface area is 159 Å². The standard InChI is InChI=1S/C21H26N4O2/c1-13(2)25-20-17(12-23-25)10-19(15(5)24-20)21(26)22-11-16-6-8-18(9-7-16)27-14(3)4/h6-10,12-14H,11H2,1-5H3,(H,22,26). The van der Waals surface area contributed by atoms with Crippen LogP contribution in [0.4, 0.5) is 0 Å². The first kappa shape index (κ1) is 18.9. The summed E-state index contributed by atoms with van der Waals surface area (Å²) in [5.41, 5.74) is 3.09. The van der Waals surface area contributed by atoms with E-state index in [1.54, 1.807) is 6.20 Å². The zero-order chi connectivity index (χ0) is 19.6. The summed E-state index contributed by atoms with van der Waals surface area (Å²) in [6.45, 7) is 10.4. The van der Waals surface area contributed by atoms with E-state index in [0.717, 1.165) is 22.3 Å². The normalized spacial score (nSPS) is 11.4. The van der Waals surface area contributed by atoms with Gasteiger partial charge in [-0.05, 0) is 58.4 Å². The fraction of sp³-hybridized carbons (Fsp3) is 0.381. The lowest BCUT2D eigenvalue weighted by atomic mass is 10.1. The molecule has 1 N–H and O–H groups in total. The molecule has 0 spiro atoms. The number of nitrogens with zero attached hydrogens (tertiary/aromatic N) is 3. The minimum atomic E-state index is -0.137. The molecule has 2 heterocycles. The van der Waals surface area contributed by atoms with E-state index in [4.69, 9.17) is 4.74 Å². The van der Waals surface area contributed by atoms with Crippen molar-refractivity contribution in [2.45, 2.75) is 53.3 Å². The molecule has 0 aliphatic rings. The molecule has 0 fully saturated rings. The Hall–Kier alpha value is -2.89. The number of carbonyl (C=O) groups excluding carboxylic acids is 1. The highest BCUT2D eigenvalue weighted by Gasteiger charge is 2.15. The summed E-state index contributed by atoms with van der Waals surface area (Å²) in [5.74, 6) is 0.689. The van der Waals surface area contributed by atoms with Gasteiger partial charge < -0.3 is 10.1 Å². The Morgan fingerprint density at radius 2 is 1.89 bits per heavy atom. The van der Waals surface area contributed by atoms with Crippen molar-refractivity contribution in [3.05, 3.63) is 53.3 Å². The van der Waals surface area contributed by atoms with Crippen LogP contribution in [0.1, 0.15) is 55.4 Å². The molecule has 1 amide bonds. The largest absolute Gasteiger partial charge is 0.491 e. The number of nitrogens with one attached hydrogen (secondary N) is 1. The van der Waals surface area contributed by atoms with Crippen molar-refractivity contribution >= 4 is 16.9 Å². The van der Waals surface area contributed by atoms with Crippen LogP contribution in [0, 0.1) is 6.92 Å². The second kappa shape index (κ2) is 7.78. The molecule has 6 heteroatoms. The van der Waals surface area contributed by atoms with Crippen LogP contribution in [-0.4, -0.2) is 26.8 Å². The van der Waals surface area contributed by atoms with Gasteiger partial charge in [0.15, 0.2) is 5.65 Å². The Morgan fingerprint density at radius 1 is 1.19 bits per heavy atom. The van der Waals surface area contributed by atoms with Crippen molar-refractivity contribution in [3.8, 4) is 5.75 Å². The maximum absolute atomic E-state index is 12.6. The van der Waals surface area contributed by atoms with E-state index in [9.17, 15) is 4.79 Å². The lowest BCUT2D eigenvalue weighted by molar-refractivity contribution is 0.0950. The molecule has 0 aliphatic carbocycles. The third kappa shape index (κ3) is 4.27.